The summed E-state index contributed by atoms with van der Waals surface area (Å²) >= 11 is 0. The van der Waals surface area contributed by atoms with Crippen LogP contribution in [0.15, 0.2) is 48.5 Å². The monoisotopic (exact) mass is 498 g/mol. The lowest BCUT2D eigenvalue weighted by atomic mass is 9.84. The molecule has 0 aliphatic carbocycles. The van der Waals surface area contributed by atoms with E-state index in [1.807, 2.05) is 0 Å². The Kier molecular flexibility index (Phi) is 11.2. The number of amides is 4. The number of phenols is 2. The highest BCUT2D eigenvalue weighted by atomic mass is 16.3. The van der Waals surface area contributed by atoms with Crippen LogP contribution in [-0.4, -0.2) is 33.8 Å². The maximum absolute atomic E-state index is 13.0. The molecule has 0 spiro atoms. The predicted octanol–water partition coefficient (Wildman–Crippen LogP) is 2.93. The van der Waals surface area contributed by atoms with Crippen molar-refractivity contribution < 1.29 is 29.4 Å². The number of hydrazine groups is 2. The van der Waals surface area contributed by atoms with Gasteiger partial charge >= 0.3 is 0 Å². The van der Waals surface area contributed by atoms with Crippen molar-refractivity contribution in [2.24, 2.45) is 11.8 Å². The molecule has 2 unspecified atom stereocenters. The van der Waals surface area contributed by atoms with E-state index in [1.165, 1.54) is 24.3 Å². The number of unbranched alkanes of at least 4 members (excludes halogenated alkanes) is 3. The van der Waals surface area contributed by atoms with Gasteiger partial charge in [-0.3, -0.25) is 40.9 Å². The van der Waals surface area contributed by atoms with Crippen LogP contribution in [0.2, 0.25) is 0 Å². The molecule has 0 saturated heterocycles. The standard InChI is InChI=1S/C26H34N4O6/c1-3-5-6-7-12-18(24(34)28-30-26(36)20-14-9-11-16-22(20)32)17(4-2)23(33)27-29-25(35)19-13-8-10-15-21(19)31/h8-11,13-18,31-32H,3-7,12H2,1-2H3,(H,27,33)(H,28,34)(H,29,35)(H,30,36). The average molecular weight is 499 g/mol. The second-order valence-electron chi connectivity index (χ2n) is 8.39. The lowest BCUT2D eigenvalue weighted by molar-refractivity contribution is -0.136. The molecule has 2 rings (SSSR count). The van der Waals surface area contributed by atoms with E-state index in [0.717, 1.165) is 19.3 Å². The Hall–Kier alpha value is -4.08. The normalized spacial score (nSPS) is 12.2. The molecule has 4 amide bonds. The number of hydrogen-bond acceptors (Lipinski definition) is 6. The summed E-state index contributed by atoms with van der Waals surface area (Å²) in [6, 6.07) is 11.8. The summed E-state index contributed by atoms with van der Waals surface area (Å²) in [6.45, 7) is 3.82. The molecular formula is C26H34N4O6. The lowest BCUT2D eigenvalue weighted by Crippen LogP contribution is -2.51. The molecule has 0 aliphatic heterocycles. The molecule has 10 heteroatoms. The van der Waals surface area contributed by atoms with Crippen molar-refractivity contribution in [3.05, 3.63) is 59.7 Å². The number of aromatic hydroxyl groups is 2. The summed E-state index contributed by atoms with van der Waals surface area (Å²) in [5.41, 5.74) is 9.26. The first kappa shape index (κ1) is 28.2. The summed E-state index contributed by atoms with van der Waals surface area (Å²) in [5.74, 6) is -4.55. The van der Waals surface area contributed by atoms with Crippen molar-refractivity contribution in [2.75, 3.05) is 0 Å². The molecule has 0 bridgehead atoms. The number of carbonyl (C=O) groups is 4. The largest absolute Gasteiger partial charge is 0.507 e. The van der Waals surface area contributed by atoms with Crippen LogP contribution < -0.4 is 21.7 Å². The van der Waals surface area contributed by atoms with Gasteiger partial charge in [0.25, 0.3) is 11.8 Å². The highest BCUT2D eigenvalue weighted by Gasteiger charge is 2.33. The Morgan fingerprint density at radius 2 is 1.14 bits per heavy atom. The highest BCUT2D eigenvalue weighted by molar-refractivity contribution is 5.99. The second-order valence-corrected chi connectivity index (χ2v) is 8.39. The number of carbonyl (C=O) groups excluding carboxylic acids is 4. The minimum atomic E-state index is -0.793. The first-order chi connectivity index (χ1) is 17.3. The number of benzene rings is 2. The summed E-state index contributed by atoms with van der Waals surface area (Å²) in [4.78, 5) is 50.7. The van der Waals surface area contributed by atoms with Gasteiger partial charge in [-0.05, 0) is 37.1 Å². The van der Waals surface area contributed by atoms with Crippen LogP contribution in [0.3, 0.4) is 0 Å². The van der Waals surface area contributed by atoms with E-state index in [2.05, 4.69) is 28.6 Å². The fourth-order valence-electron chi connectivity index (χ4n) is 3.85. The quantitative estimate of drug-likeness (QED) is 0.207. The maximum Gasteiger partial charge on any atom is 0.273 e. The molecule has 2 aromatic rings. The van der Waals surface area contributed by atoms with Crippen LogP contribution in [0.1, 0.15) is 73.1 Å². The Labute approximate surface area is 210 Å². The minimum Gasteiger partial charge on any atom is -0.507 e. The molecule has 6 N–H and O–H groups in total. The van der Waals surface area contributed by atoms with Gasteiger partial charge in [0, 0.05) is 0 Å². The number of phenolic OH excluding ortho intramolecular Hbond substituents is 2. The molecule has 0 saturated carbocycles. The molecule has 10 nitrogen and oxygen atoms in total. The Balaban J connectivity index is 2.07. The van der Waals surface area contributed by atoms with Gasteiger partial charge in [-0.2, -0.15) is 0 Å². The van der Waals surface area contributed by atoms with Gasteiger partial charge in [0.05, 0.1) is 23.0 Å². The van der Waals surface area contributed by atoms with E-state index in [1.54, 1.807) is 31.2 Å². The van der Waals surface area contributed by atoms with Crippen molar-refractivity contribution in [1.82, 2.24) is 21.7 Å². The zero-order chi connectivity index (χ0) is 26.5. The van der Waals surface area contributed by atoms with E-state index >= 15 is 0 Å². The third-order valence-corrected chi connectivity index (χ3v) is 5.86. The topological polar surface area (TPSA) is 157 Å². The summed E-state index contributed by atoms with van der Waals surface area (Å²) in [5, 5.41) is 19.7. The first-order valence-corrected chi connectivity index (χ1v) is 12.1. The van der Waals surface area contributed by atoms with Gasteiger partial charge in [-0.15, -0.1) is 0 Å². The maximum atomic E-state index is 13.0. The molecule has 0 radical (unpaired) electrons. The van der Waals surface area contributed by atoms with Crippen LogP contribution in [-0.2, 0) is 9.59 Å². The van der Waals surface area contributed by atoms with Crippen molar-refractivity contribution in [3.63, 3.8) is 0 Å². The Morgan fingerprint density at radius 1 is 0.667 bits per heavy atom. The van der Waals surface area contributed by atoms with Gasteiger partial charge in [-0.25, -0.2) is 0 Å². The molecule has 0 heterocycles. The van der Waals surface area contributed by atoms with E-state index in [-0.39, 0.29) is 22.6 Å². The number of para-hydroxylation sites is 2. The van der Waals surface area contributed by atoms with Crippen LogP contribution >= 0.6 is 0 Å². The summed E-state index contributed by atoms with van der Waals surface area (Å²) < 4.78 is 0. The molecule has 36 heavy (non-hydrogen) atoms. The summed E-state index contributed by atoms with van der Waals surface area (Å²) in [6.07, 6.45) is 4.27. The number of rotatable bonds is 11. The van der Waals surface area contributed by atoms with Crippen LogP contribution in [0.4, 0.5) is 0 Å². The minimum absolute atomic E-state index is 0.00560. The SMILES string of the molecule is CCCCCCC(C(=O)NNC(=O)c1ccccc1O)C(CC)C(=O)NNC(=O)c1ccccc1O. The predicted molar refractivity (Wildman–Crippen MR) is 133 cm³/mol. The van der Waals surface area contributed by atoms with E-state index in [0.29, 0.717) is 19.3 Å². The molecule has 2 atom stereocenters. The molecule has 0 aromatic heterocycles. The van der Waals surface area contributed by atoms with Crippen molar-refractivity contribution in [1.29, 1.82) is 0 Å². The van der Waals surface area contributed by atoms with Crippen LogP contribution in [0.25, 0.3) is 0 Å². The van der Waals surface area contributed by atoms with Crippen molar-refractivity contribution in [3.8, 4) is 11.5 Å². The first-order valence-electron chi connectivity index (χ1n) is 12.1. The Bertz CT molecular complexity index is 1060. The second kappa shape index (κ2) is 14.3. The molecule has 0 fully saturated rings. The van der Waals surface area contributed by atoms with Crippen molar-refractivity contribution in [2.45, 2.75) is 52.4 Å². The Morgan fingerprint density at radius 3 is 1.58 bits per heavy atom. The van der Waals surface area contributed by atoms with Gasteiger partial charge in [0.1, 0.15) is 11.5 Å². The van der Waals surface area contributed by atoms with E-state index in [9.17, 15) is 29.4 Å². The van der Waals surface area contributed by atoms with Crippen LogP contribution in [0.5, 0.6) is 11.5 Å². The fourth-order valence-corrected chi connectivity index (χ4v) is 3.85. The van der Waals surface area contributed by atoms with Gasteiger partial charge in [0.15, 0.2) is 0 Å². The van der Waals surface area contributed by atoms with Crippen molar-refractivity contribution >= 4 is 23.6 Å². The molecule has 2 aromatic carbocycles. The van der Waals surface area contributed by atoms with Gasteiger partial charge in [0.2, 0.25) is 11.8 Å². The third-order valence-electron chi connectivity index (χ3n) is 5.86. The third kappa shape index (κ3) is 8.00. The van der Waals surface area contributed by atoms with Gasteiger partial charge in [-0.1, -0.05) is 63.8 Å². The lowest BCUT2D eigenvalue weighted by Gasteiger charge is -2.25. The van der Waals surface area contributed by atoms with Crippen LogP contribution in [0, 0.1) is 11.8 Å². The zero-order valence-corrected chi connectivity index (χ0v) is 20.5. The molecule has 0 aliphatic rings. The highest BCUT2D eigenvalue weighted by Crippen LogP contribution is 2.24. The van der Waals surface area contributed by atoms with E-state index < -0.39 is 35.5 Å². The fraction of sp³-hybridized carbons (Fsp3) is 0.385. The summed E-state index contributed by atoms with van der Waals surface area (Å²) in [7, 11) is 0. The smallest absolute Gasteiger partial charge is 0.273 e. The molecule has 194 valence electrons. The van der Waals surface area contributed by atoms with E-state index in [4.69, 9.17) is 0 Å². The number of hydrogen-bond donors (Lipinski definition) is 6. The average Bonchev–Trinajstić information content (AvgIpc) is 2.87. The number of nitrogens with one attached hydrogen (secondary N) is 4. The zero-order valence-electron chi connectivity index (χ0n) is 20.5. The van der Waals surface area contributed by atoms with Gasteiger partial charge < -0.3 is 10.2 Å². The molecular weight excluding hydrogens is 464 g/mol.